The molecule has 1 saturated heterocycles. The molecule has 2 heterocycles. The zero-order valence-corrected chi connectivity index (χ0v) is 17.4. The second-order valence-corrected chi connectivity index (χ2v) is 8.71. The lowest BCUT2D eigenvalue weighted by molar-refractivity contribution is 0.0713. The fourth-order valence-corrected chi connectivity index (χ4v) is 4.48. The molecule has 0 saturated carbocycles. The smallest absolute Gasteiger partial charge is 0.289 e. The lowest BCUT2D eigenvalue weighted by Gasteiger charge is -2.35. The summed E-state index contributed by atoms with van der Waals surface area (Å²) in [5, 5.41) is 0.601. The van der Waals surface area contributed by atoms with Crippen LogP contribution >= 0.6 is 11.6 Å². The van der Waals surface area contributed by atoms with E-state index in [-0.39, 0.29) is 11.7 Å². The zero-order chi connectivity index (χ0) is 20.2. The van der Waals surface area contributed by atoms with E-state index in [0.29, 0.717) is 34.5 Å². The van der Waals surface area contributed by atoms with Crippen molar-refractivity contribution in [2.24, 2.45) is 0 Å². The predicted octanol–water partition coefficient (Wildman–Crippen LogP) is 4.20. The average Bonchev–Trinajstić information content (AvgIpc) is 3.23. The maximum atomic E-state index is 12.8. The van der Waals surface area contributed by atoms with Crippen LogP contribution in [0.5, 0.6) is 0 Å². The Balaban J connectivity index is 1.35. The lowest BCUT2D eigenvalue weighted by atomic mass is 10.2. The van der Waals surface area contributed by atoms with E-state index in [0.717, 1.165) is 13.1 Å². The van der Waals surface area contributed by atoms with Crippen LogP contribution in [0.1, 0.15) is 16.3 Å². The van der Waals surface area contributed by atoms with Crippen LogP contribution in [0.15, 0.2) is 76.0 Å². The minimum atomic E-state index is -1.26. The van der Waals surface area contributed by atoms with Gasteiger partial charge in [0.25, 0.3) is 5.91 Å². The average molecular weight is 429 g/mol. The molecule has 0 N–H and O–H groups in total. The summed E-state index contributed by atoms with van der Waals surface area (Å²) < 4.78 is 18.2. The Hall–Kier alpha value is -2.57. The number of furan rings is 1. The SMILES string of the molecule is O=C(c1ccc(C[S@](=O)c2ccc(Cl)cc2)o1)N1CCN(c2ccccc2)CC1. The fraction of sp³-hybridized carbons (Fsp3) is 0.227. The predicted molar refractivity (Wildman–Crippen MR) is 115 cm³/mol. The molecule has 1 fully saturated rings. The van der Waals surface area contributed by atoms with E-state index >= 15 is 0 Å². The van der Waals surface area contributed by atoms with Gasteiger partial charge in [-0.2, -0.15) is 0 Å². The first-order chi connectivity index (χ1) is 14.1. The number of benzene rings is 2. The monoisotopic (exact) mass is 428 g/mol. The van der Waals surface area contributed by atoms with Crippen LogP contribution < -0.4 is 4.90 Å². The molecule has 0 unspecified atom stereocenters. The Morgan fingerprint density at radius 3 is 2.31 bits per heavy atom. The van der Waals surface area contributed by atoms with Gasteiger partial charge in [0.15, 0.2) is 5.76 Å². The van der Waals surface area contributed by atoms with Gasteiger partial charge in [0.2, 0.25) is 0 Å². The quantitative estimate of drug-likeness (QED) is 0.611. The van der Waals surface area contributed by atoms with Crippen molar-refractivity contribution in [2.75, 3.05) is 31.1 Å². The number of piperazine rings is 1. The maximum Gasteiger partial charge on any atom is 0.289 e. The van der Waals surface area contributed by atoms with Crippen molar-refractivity contribution in [3.05, 3.63) is 83.3 Å². The van der Waals surface area contributed by atoms with Gasteiger partial charge in [0, 0.05) is 41.8 Å². The van der Waals surface area contributed by atoms with Crippen molar-refractivity contribution in [1.29, 1.82) is 0 Å². The molecule has 4 rings (SSSR count). The summed E-state index contributed by atoms with van der Waals surface area (Å²) in [4.78, 5) is 17.5. The molecule has 0 bridgehead atoms. The number of halogens is 1. The Morgan fingerprint density at radius 1 is 0.931 bits per heavy atom. The molecule has 1 aromatic heterocycles. The summed E-state index contributed by atoms with van der Waals surface area (Å²) in [5.74, 6) is 0.920. The molecule has 1 amide bonds. The number of rotatable bonds is 5. The van der Waals surface area contributed by atoms with Crippen LogP contribution in [-0.4, -0.2) is 41.2 Å². The summed E-state index contributed by atoms with van der Waals surface area (Å²) in [7, 11) is -1.26. The topological polar surface area (TPSA) is 53.8 Å². The maximum absolute atomic E-state index is 12.8. The van der Waals surface area contributed by atoms with Crippen molar-refractivity contribution in [3.8, 4) is 0 Å². The normalized spacial score (nSPS) is 15.3. The van der Waals surface area contributed by atoms with E-state index in [2.05, 4.69) is 17.0 Å². The number of hydrogen-bond acceptors (Lipinski definition) is 4. The van der Waals surface area contributed by atoms with Gasteiger partial charge in [-0.15, -0.1) is 0 Å². The van der Waals surface area contributed by atoms with E-state index in [1.807, 2.05) is 18.2 Å². The van der Waals surface area contributed by atoms with Crippen molar-refractivity contribution in [2.45, 2.75) is 10.6 Å². The summed E-state index contributed by atoms with van der Waals surface area (Å²) >= 11 is 5.87. The summed E-state index contributed by atoms with van der Waals surface area (Å²) in [5.41, 5.74) is 1.17. The van der Waals surface area contributed by atoms with Crippen molar-refractivity contribution < 1.29 is 13.4 Å². The Bertz CT molecular complexity index is 996. The number of para-hydroxylation sites is 1. The number of hydrogen-bond donors (Lipinski definition) is 0. The van der Waals surface area contributed by atoms with Crippen LogP contribution in [0.4, 0.5) is 5.69 Å². The molecular formula is C22H21ClN2O3S. The number of amides is 1. The van der Waals surface area contributed by atoms with E-state index in [1.165, 1.54) is 5.69 Å². The highest BCUT2D eigenvalue weighted by molar-refractivity contribution is 7.84. The van der Waals surface area contributed by atoms with Gasteiger partial charge in [0.05, 0.1) is 16.6 Å². The first-order valence-corrected chi connectivity index (χ1v) is 11.1. The largest absolute Gasteiger partial charge is 0.455 e. The van der Waals surface area contributed by atoms with Gasteiger partial charge < -0.3 is 14.2 Å². The molecule has 0 aliphatic carbocycles. The minimum absolute atomic E-state index is 0.124. The van der Waals surface area contributed by atoms with Gasteiger partial charge in [-0.05, 0) is 48.5 Å². The molecule has 2 aromatic carbocycles. The molecular weight excluding hydrogens is 408 g/mol. The van der Waals surface area contributed by atoms with Crippen LogP contribution in [-0.2, 0) is 16.6 Å². The number of carbonyl (C=O) groups excluding carboxylic acids is 1. The minimum Gasteiger partial charge on any atom is -0.455 e. The molecule has 7 heteroatoms. The van der Waals surface area contributed by atoms with Gasteiger partial charge in [-0.1, -0.05) is 29.8 Å². The van der Waals surface area contributed by atoms with Crippen LogP contribution in [0.25, 0.3) is 0 Å². The van der Waals surface area contributed by atoms with Gasteiger partial charge in [-0.25, -0.2) is 0 Å². The summed E-state index contributed by atoms with van der Waals surface area (Å²) in [6.45, 7) is 2.84. The zero-order valence-electron chi connectivity index (χ0n) is 15.8. The van der Waals surface area contributed by atoms with Crippen LogP contribution in [0.3, 0.4) is 0 Å². The molecule has 29 heavy (non-hydrogen) atoms. The second kappa shape index (κ2) is 8.84. The number of carbonyl (C=O) groups is 1. The molecule has 150 valence electrons. The molecule has 1 aliphatic rings. The van der Waals surface area contributed by atoms with E-state index in [9.17, 15) is 9.00 Å². The Labute approximate surface area is 177 Å². The summed E-state index contributed by atoms with van der Waals surface area (Å²) in [6, 6.07) is 20.5. The molecule has 0 radical (unpaired) electrons. The number of nitrogens with zero attached hydrogens (tertiary/aromatic N) is 2. The standard InChI is InChI=1S/C22H21ClN2O3S/c23-17-6-9-20(10-7-17)29(27)16-19-8-11-21(28-19)22(26)25-14-12-24(13-15-25)18-4-2-1-3-5-18/h1-11H,12-16H2/t29-/m0/s1. The van der Waals surface area contributed by atoms with E-state index in [1.54, 1.807) is 41.3 Å². The lowest BCUT2D eigenvalue weighted by Crippen LogP contribution is -2.48. The molecule has 0 spiro atoms. The van der Waals surface area contributed by atoms with Crippen molar-refractivity contribution >= 4 is 34.0 Å². The third-order valence-electron chi connectivity index (χ3n) is 4.91. The molecule has 1 atom stereocenters. The van der Waals surface area contributed by atoms with Crippen molar-refractivity contribution in [1.82, 2.24) is 4.90 Å². The Morgan fingerprint density at radius 2 is 1.62 bits per heavy atom. The van der Waals surface area contributed by atoms with Gasteiger partial charge in [0.1, 0.15) is 5.76 Å². The van der Waals surface area contributed by atoms with Crippen LogP contribution in [0, 0.1) is 0 Å². The van der Waals surface area contributed by atoms with Gasteiger partial charge in [-0.3, -0.25) is 9.00 Å². The van der Waals surface area contributed by atoms with E-state index in [4.69, 9.17) is 16.0 Å². The first kappa shape index (κ1) is 19.7. The third kappa shape index (κ3) is 4.71. The van der Waals surface area contributed by atoms with Crippen molar-refractivity contribution in [3.63, 3.8) is 0 Å². The molecule has 3 aromatic rings. The molecule has 5 nitrogen and oxygen atoms in total. The van der Waals surface area contributed by atoms with E-state index < -0.39 is 10.8 Å². The summed E-state index contributed by atoms with van der Waals surface area (Å²) in [6.07, 6.45) is 0. The second-order valence-electron chi connectivity index (χ2n) is 6.82. The first-order valence-electron chi connectivity index (χ1n) is 9.42. The highest BCUT2D eigenvalue weighted by atomic mass is 35.5. The highest BCUT2D eigenvalue weighted by Crippen LogP contribution is 2.20. The van der Waals surface area contributed by atoms with Gasteiger partial charge >= 0.3 is 0 Å². The third-order valence-corrected chi connectivity index (χ3v) is 6.51. The number of anilines is 1. The molecule has 1 aliphatic heterocycles. The van der Waals surface area contributed by atoms with Crippen LogP contribution in [0.2, 0.25) is 5.02 Å². The highest BCUT2D eigenvalue weighted by Gasteiger charge is 2.24. The Kier molecular flexibility index (Phi) is 6.02. The fourth-order valence-electron chi connectivity index (χ4n) is 3.33.